The summed E-state index contributed by atoms with van der Waals surface area (Å²) in [6.45, 7) is 2.42. The maximum absolute atomic E-state index is 2.42. The van der Waals surface area contributed by atoms with Crippen molar-refractivity contribution in [2.24, 2.45) is 0 Å². The normalized spacial score (nSPS) is 26.7. The summed E-state index contributed by atoms with van der Waals surface area (Å²) in [5.74, 6) is 0. The van der Waals surface area contributed by atoms with E-state index in [-0.39, 0.29) is 0 Å². The van der Waals surface area contributed by atoms with Crippen molar-refractivity contribution in [1.82, 2.24) is 0 Å². The predicted octanol–water partition coefficient (Wildman–Crippen LogP) is 1.50. The van der Waals surface area contributed by atoms with Crippen LogP contribution in [-0.2, 0) is 0 Å². The third kappa shape index (κ3) is 1.30. The van der Waals surface area contributed by atoms with E-state index in [9.17, 15) is 0 Å². The summed E-state index contributed by atoms with van der Waals surface area (Å²) in [4.78, 5) is 0. The van der Waals surface area contributed by atoms with Crippen LogP contribution in [0.3, 0.4) is 0 Å². The monoisotopic (exact) mass is 99.1 g/mol. The second-order valence-corrected chi connectivity index (χ2v) is 2.97. The molecule has 0 aromatic carbocycles. The molecule has 1 aliphatic heterocycles. The van der Waals surface area contributed by atoms with E-state index < -0.39 is 0 Å². The maximum Gasteiger partial charge on any atom is 0.142 e. The minimum atomic E-state index is 1.18. The van der Waals surface area contributed by atoms with Gasteiger partial charge in [0.15, 0.2) is 0 Å². The molecule has 1 rings (SSSR count). The third-order valence-corrected chi connectivity index (χ3v) is 2.28. The number of hydrogen-bond acceptors (Lipinski definition) is 0. The first kappa shape index (κ1) is 4.65. The van der Waals surface area contributed by atoms with E-state index in [0.717, 1.165) is 0 Å². The second-order valence-electron chi connectivity index (χ2n) is 1.65. The van der Waals surface area contributed by atoms with Gasteiger partial charge in [-0.05, 0) is 6.16 Å². The van der Waals surface area contributed by atoms with Gasteiger partial charge in [-0.3, -0.25) is 0 Å². The minimum Gasteiger partial charge on any atom is -0.163 e. The van der Waals surface area contributed by atoms with Crippen molar-refractivity contribution < 1.29 is 0 Å². The zero-order valence-corrected chi connectivity index (χ0v) is 4.91. The first-order valence-corrected chi connectivity index (χ1v) is 3.83. The third-order valence-electron chi connectivity index (χ3n) is 1.06. The number of hydrogen-bond donors (Lipinski definition) is 0. The Kier molecular flexibility index (Phi) is 2.04. The second kappa shape index (κ2) is 2.63. The standard InChI is InChI=1S/C4H9BP/c1-2-4-6-5-3-1/h6H,1-4H2. The smallest absolute Gasteiger partial charge is 0.142 e. The van der Waals surface area contributed by atoms with Crippen molar-refractivity contribution in [3.63, 3.8) is 0 Å². The fourth-order valence-corrected chi connectivity index (χ4v) is 1.74. The molecule has 0 bridgehead atoms. The maximum atomic E-state index is 2.42. The Hall–Kier alpha value is 0.495. The molecule has 1 fully saturated rings. The topological polar surface area (TPSA) is 0 Å². The van der Waals surface area contributed by atoms with Crippen molar-refractivity contribution in [3.8, 4) is 0 Å². The Morgan fingerprint density at radius 2 is 2.33 bits per heavy atom. The quantitative estimate of drug-likeness (QED) is 0.318. The van der Waals surface area contributed by atoms with Gasteiger partial charge in [-0.1, -0.05) is 19.2 Å². The van der Waals surface area contributed by atoms with Gasteiger partial charge >= 0.3 is 0 Å². The van der Waals surface area contributed by atoms with Gasteiger partial charge in [0.1, 0.15) is 7.00 Å². The molecule has 0 nitrogen and oxygen atoms in total. The van der Waals surface area contributed by atoms with Crippen LogP contribution < -0.4 is 0 Å². The van der Waals surface area contributed by atoms with Crippen LogP contribution in [0.5, 0.6) is 0 Å². The molecule has 0 N–H and O–H groups in total. The molecule has 0 aromatic heterocycles. The summed E-state index contributed by atoms with van der Waals surface area (Å²) in [6, 6.07) is 0. The Morgan fingerprint density at radius 3 is 2.50 bits per heavy atom. The van der Waals surface area contributed by atoms with E-state index >= 15 is 0 Å². The molecule has 1 atom stereocenters. The Labute approximate surface area is 41.7 Å². The molecule has 0 aliphatic carbocycles. The van der Waals surface area contributed by atoms with Gasteiger partial charge in [-0.2, -0.15) is 8.46 Å². The molecular formula is C4H9BP. The molecule has 0 spiro atoms. The first-order valence-electron chi connectivity index (χ1n) is 2.55. The van der Waals surface area contributed by atoms with Gasteiger partial charge in [0.05, 0.1) is 0 Å². The average molecular weight is 98.9 g/mol. The van der Waals surface area contributed by atoms with E-state index in [1.807, 2.05) is 0 Å². The largest absolute Gasteiger partial charge is 0.163 e. The van der Waals surface area contributed by atoms with Crippen molar-refractivity contribution in [1.29, 1.82) is 0 Å². The highest BCUT2D eigenvalue weighted by atomic mass is 31.1. The predicted molar refractivity (Wildman–Crippen MR) is 33.0 cm³/mol. The Balaban J connectivity index is 2.00. The van der Waals surface area contributed by atoms with Gasteiger partial charge in [-0.15, -0.1) is 0 Å². The molecule has 0 amide bonds. The highest BCUT2D eigenvalue weighted by Gasteiger charge is 1.96. The molecule has 1 aliphatic rings. The van der Waals surface area contributed by atoms with Crippen LogP contribution in [0.4, 0.5) is 0 Å². The van der Waals surface area contributed by atoms with Gasteiger partial charge in [0.25, 0.3) is 0 Å². The van der Waals surface area contributed by atoms with Crippen molar-refractivity contribution in [2.75, 3.05) is 6.16 Å². The fourth-order valence-electron chi connectivity index (χ4n) is 0.678. The highest BCUT2D eigenvalue weighted by Crippen LogP contribution is 2.19. The van der Waals surface area contributed by atoms with E-state index in [0.29, 0.717) is 0 Å². The SMILES string of the molecule is [B]1CCCCP1. The van der Waals surface area contributed by atoms with Crippen LogP contribution in [0.1, 0.15) is 12.8 Å². The van der Waals surface area contributed by atoms with Gasteiger partial charge < -0.3 is 0 Å². The van der Waals surface area contributed by atoms with E-state index in [2.05, 4.69) is 7.00 Å². The average Bonchev–Trinajstić information content (AvgIpc) is 1.72. The van der Waals surface area contributed by atoms with E-state index in [1.165, 1.54) is 33.8 Å². The zero-order valence-electron chi connectivity index (χ0n) is 3.91. The van der Waals surface area contributed by atoms with Crippen molar-refractivity contribution in [3.05, 3.63) is 0 Å². The molecule has 2 heteroatoms. The molecule has 1 radical (unpaired) electrons. The summed E-state index contributed by atoms with van der Waals surface area (Å²) in [5, 5.41) is 0. The lowest BCUT2D eigenvalue weighted by Gasteiger charge is -2.04. The molecule has 0 aromatic rings. The lowest BCUT2D eigenvalue weighted by atomic mass is 9.98. The van der Waals surface area contributed by atoms with Gasteiger partial charge in [-0.25, -0.2) is 0 Å². The van der Waals surface area contributed by atoms with Crippen LogP contribution in [0.25, 0.3) is 0 Å². The number of rotatable bonds is 0. The van der Waals surface area contributed by atoms with Crippen molar-refractivity contribution >= 4 is 15.5 Å². The van der Waals surface area contributed by atoms with Crippen LogP contribution in [0.2, 0.25) is 6.32 Å². The molecule has 1 heterocycles. The first-order chi connectivity index (χ1) is 3.00. The lowest BCUT2D eigenvalue weighted by molar-refractivity contribution is 0.883. The molecular weight excluding hydrogens is 89.8 g/mol. The lowest BCUT2D eigenvalue weighted by Crippen LogP contribution is -1.91. The minimum absolute atomic E-state index is 1.18. The highest BCUT2D eigenvalue weighted by molar-refractivity contribution is 7.71. The molecule has 1 unspecified atom stereocenters. The van der Waals surface area contributed by atoms with Crippen LogP contribution in [0.15, 0.2) is 0 Å². The van der Waals surface area contributed by atoms with Crippen LogP contribution in [-0.4, -0.2) is 13.2 Å². The Bertz CT molecular complexity index is 23.0. The van der Waals surface area contributed by atoms with Crippen molar-refractivity contribution in [2.45, 2.75) is 19.2 Å². The summed E-state index contributed by atoms with van der Waals surface area (Å²) >= 11 is 0. The van der Waals surface area contributed by atoms with Gasteiger partial charge in [0.2, 0.25) is 0 Å². The summed E-state index contributed by atoms with van der Waals surface area (Å²) in [7, 11) is 1.18. The Morgan fingerprint density at radius 1 is 1.33 bits per heavy atom. The zero-order chi connectivity index (χ0) is 4.24. The molecule has 0 saturated carbocycles. The van der Waals surface area contributed by atoms with E-state index in [4.69, 9.17) is 0 Å². The summed E-state index contributed by atoms with van der Waals surface area (Å²) in [5.41, 5.74) is 0. The van der Waals surface area contributed by atoms with Crippen LogP contribution in [0, 0.1) is 0 Å². The van der Waals surface area contributed by atoms with Crippen LogP contribution >= 0.6 is 8.46 Å². The van der Waals surface area contributed by atoms with Gasteiger partial charge in [0, 0.05) is 0 Å². The molecule has 1 saturated heterocycles. The molecule has 6 heavy (non-hydrogen) atoms. The van der Waals surface area contributed by atoms with E-state index in [1.54, 1.807) is 0 Å². The summed E-state index contributed by atoms with van der Waals surface area (Å²) in [6.07, 6.45) is 5.79. The fraction of sp³-hybridized carbons (Fsp3) is 1.00. The molecule has 33 valence electrons. The summed E-state index contributed by atoms with van der Waals surface area (Å²) < 4.78 is 0.